The van der Waals surface area contributed by atoms with Crippen molar-refractivity contribution in [1.82, 2.24) is 15.5 Å². The highest BCUT2D eigenvalue weighted by Crippen LogP contribution is 2.31. The predicted octanol–water partition coefficient (Wildman–Crippen LogP) is 1.21. The molecule has 3 rings (SSSR count). The first kappa shape index (κ1) is 16.4. The van der Waals surface area contributed by atoms with Gasteiger partial charge in [0, 0.05) is 33.2 Å². The SMILES string of the molecule is COCCCNC(=O)[C@@H]1CC(=O)N(c2n[nH]c3cccc(F)c23)C1. The Bertz CT molecular complexity index is 761. The number of rotatable bonds is 6. The summed E-state index contributed by atoms with van der Waals surface area (Å²) in [5.74, 6) is -1.08. The van der Waals surface area contributed by atoms with Crippen LogP contribution in [-0.4, -0.2) is 48.8 Å². The largest absolute Gasteiger partial charge is 0.385 e. The lowest BCUT2D eigenvalue weighted by atomic mass is 10.1. The molecule has 0 aliphatic carbocycles. The Labute approximate surface area is 138 Å². The Morgan fingerprint density at radius 3 is 3.17 bits per heavy atom. The number of halogens is 1. The van der Waals surface area contributed by atoms with Crippen molar-refractivity contribution in [3.05, 3.63) is 24.0 Å². The third-order valence-corrected chi connectivity index (χ3v) is 4.10. The van der Waals surface area contributed by atoms with Gasteiger partial charge in [-0.2, -0.15) is 5.10 Å². The van der Waals surface area contributed by atoms with Crippen molar-refractivity contribution in [2.45, 2.75) is 12.8 Å². The fraction of sp³-hybridized carbons (Fsp3) is 0.438. The van der Waals surface area contributed by atoms with Crippen LogP contribution >= 0.6 is 0 Å². The molecule has 1 aliphatic heterocycles. The Kier molecular flexibility index (Phi) is 4.75. The molecule has 0 radical (unpaired) electrons. The standard InChI is InChI=1S/C16H19FN4O3/c1-24-7-3-6-18-16(23)10-8-13(22)21(9-10)15-14-11(17)4-2-5-12(14)19-20-15/h2,4-5,10H,3,6-9H2,1H3,(H,18,23)(H,19,20)/t10-/m1/s1. The maximum absolute atomic E-state index is 14.1. The van der Waals surface area contributed by atoms with Gasteiger partial charge in [0.1, 0.15) is 5.82 Å². The second-order valence-electron chi connectivity index (χ2n) is 5.75. The van der Waals surface area contributed by atoms with Gasteiger partial charge in [0.15, 0.2) is 5.82 Å². The minimum Gasteiger partial charge on any atom is -0.385 e. The van der Waals surface area contributed by atoms with Crippen LogP contribution in [0.5, 0.6) is 0 Å². The van der Waals surface area contributed by atoms with E-state index in [1.807, 2.05) is 0 Å². The van der Waals surface area contributed by atoms with Crippen molar-refractivity contribution in [3.63, 3.8) is 0 Å². The Balaban J connectivity index is 1.71. The molecule has 0 unspecified atom stereocenters. The summed E-state index contributed by atoms with van der Waals surface area (Å²) in [6, 6.07) is 4.58. The summed E-state index contributed by atoms with van der Waals surface area (Å²) in [5.41, 5.74) is 0.519. The van der Waals surface area contributed by atoms with Gasteiger partial charge in [0.05, 0.1) is 16.8 Å². The first-order valence-electron chi connectivity index (χ1n) is 7.81. The predicted molar refractivity (Wildman–Crippen MR) is 86.0 cm³/mol. The monoisotopic (exact) mass is 334 g/mol. The highest BCUT2D eigenvalue weighted by atomic mass is 19.1. The first-order chi connectivity index (χ1) is 11.6. The maximum Gasteiger partial charge on any atom is 0.229 e. The second-order valence-corrected chi connectivity index (χ2v) is 5.75. The molecule has 2 amide bonds. The number of ether oxygens (including phenoxy) is 1. The van der Waals surface area contributed by atoms with Gasteiger partial charge in [-0.3, -0.25) is 19.6 Å². The minimum atomic E-state index is -0.460. The number of nitrogens with zero attached hydrogens (tertiary/aromatic N) is 2. The average Bonchev–Trinajstić information content (AvgIpc) is 3.15. The third kappa shape index (κ3) is 3.09. The number of nitrogens with one attached hydrogen (secondary N) is 2. The lowest BCUT2D eigenvalue weighted by Gasteiger charge is -2.14. The number of anilines is 1. The number of benzene rings is 1. The summed E-state index contributed by atoms with van der Waals surface area (Å²) >= 11 is 0. The van der Waals surface area contributed by atoms with Crippen LogP contribution in [0.2, 0.25) is 0 Å². The van der Waals surface area contributed by atoms with Crippen molar-refractivity contribution in [3.8, 4) is 0 Å². The zero-order valence-electron chi connectivity index (χ0n) is 13.3. The van der Waals surface area contributed by atoms with Crippen LogP contribution in [-0.2, 0) is 14.3 Å². The number of amides is 2. The Morgan fingerprint density at radius 2 is 2.38 bits per heavy atom. The van der Waals surface area contributed by atoms with Crippen LogP contribution in [0.15, 0.2) is 18.2 Å². The van der Waals surface area contributed by atoms with E-state index in [1.54, 1.807) is 19.2 Å². The van der Waals surface area contributed by atoms with E-state index in [2.05, 4.69) is 15.5 Å². The summed E-state index contributed by atoms with van der Waals surface area (Å²) in [5, 5.41) is 9.85. The number of hydrogen-bond donors (Lipinski definition) is 2. The molecule has 1 fully saturated rings. The zero-order valence-corrected chi connectivity index (χ0v) is 13.3. The fourth-order valence-corrected chi connectivity index (χ4v) is 2.87. The first-order valence-corrected chi connectivity index (χ1v) is 7.81. The number of aromatic amines is 1. The molecule has 128 valence electrons. The van der Waals surface area contributed by atoms with Crippen LogP contribution in [0, 0.1) is 11.7 Å². The molecule has 0 spiro atoms. The number of carbonyl (C=O) groups excluding carboxylic acids is 2. The van der Waals surface area contributed by atoms with Gasteiger partial charge < -0.3 is 10.1 Å². The van der Waals surface area contributed by atoms with Crippen LogP contribution in [0.1, 0.15) is 12.8 Å². The van der Waals surface area contributed by atoms with E-state index in [0.717, 1.165) is 0 Å². The van der Waals surface area contributed by atoms with Crippen molar-refractivity contribution in [2.75, 3.05) is 31.7 Å². The number of carbonyl (C=O) groups is 2. The highest BCUT2D eigenvalue weighted by Gasteiger charge is 2.37. The summed E-state index contributed by atoms with van der Waals surface area (Å²) in [6.07, 6.45) is 0.806. The summed E-state index contributed by atoms with van der Waals surface area (Å²) in [6.45, 7) is 1.26. The quantitative estimate of drug-likeness (QED) is 0.777. The van der Waals surface area contributed by atoms with E-state index in [9.17, 15) is 14.0 Å². The lowest BCUT2D eigenvalue weighted by molar-refractivity contribution is -0.126. The molecule has 2 aromatic rings. The highest BCUT2D eigenvalue weighted by molar-refractivity contribution is 6.05. The topological polar surface area (TPSA) is 87.3 Å². The lowest BCUT2D eigenvalue weighted by Crippen LogP contribution is -2.34. The molecule has 1 saturated heterocycles. The molecule has 8 heteroatoms. The minimum absolute atomic E-state index is 0.0961. The van der Waals surface area contributed by atoms with E-state index < -0.39 is 11.7 Å². The van der Waals surface area contributed by atoms with Crippen molar-refractivity contribution in [1.29, 1.82) is 0 Å². The molecule has 7 nitrogen and oxygen atoms in total. The van der Waals surface area contributed by atoms with Gasteiger partial charge in [-0.25, -0.2) is 4.39 Å². The second kappa shape index (κ2) is 6.96. The molecule has 1 aromatic carbocycles. The molecule has 2 heterocycles. The fourth-order valence-electron chi connectivity index (χ4n) is 2.87. The number of aromatic nitrogens is 2. The Hall–Kier alpha value is -2.48. The molecule has 1 aromatic heterocycles. The van der Waals surface area contributed by atoms with Crippen molar-refractivity contribution < 1.29 is 18.7 Å². The van der Waals surface area contributed by atoms with E-state index in [0.29, 0.717) is 25.1 Å². The average molecular weight is 334 g/mol. The normalized spacial score (nSPS) is 17.7. The van der Waals surface area contributed by atoms with E-state index >= 15 is 0 Å². The number of H-pyrrole nitrogens is 1. The molecule has 2 N–H and O–H groups in total. The van der Waals surface area contributed by atoms with E-state index in [4.69, 9.17) is 4.74 Å². The summed E-state index contributed by atoms with van der Waals surface area (Å²) in [4.78, 5) is 25.8. The molecular formula is C16H19FN4O3. The van der Waals surface area contributed by atoms with E-state index in [-0.39, 0.29) is 36.0 Å². The molecule has 1 atom stereocenters. The van der Waals surface area contributed by atoms with E-state index in [1.165, 1.54) is 11.0 Å². The molecular weight excluding hydrogens is 315 g/mol. The van der Waals surface area contributed by atoms with Crippen LogP contribution < -0.4 is 10.2 Å². The van der Waals surface area contributed by atoms with Gasteiger partial charge in [0.2, 0.25) is 11.8 Å². The zero-order chi connectivity index (χ0) is 17.1. The summed E-state index contributed by atoms with van der Waals surface area (Å²) < 4.78 is 19.0. The van der Waals surface area contributed by atoms with Crippen molar-refractivity contribution >= 4 is 28.5 Å². The summed E-state index contributed by atoms with van der Waals surface area (Å²) in [7, 11) is 1.60. The Morgan fingerprint density at radius 1 is 1.54 bits per heavy atom. The number of fused-ring (bicyclic) bond motifs is 1. The number of hydrogen-bond acceptors (Lipinski definition) is 4. The van der Waals surface area contributed by atoms with Crippen LogP contribution in [0.3, 0.4) is 0 Å². The van der Waals surface area contributed by atoms with Crippen LogP contribution in [0.25, 0.3) is 10.9 Å². The smallest absolute Gasteiger partial charge is 0.229 e. The van der Waals surface area contributed by atoms with Crippen molar-refractivity contribution in [2.24, 2.45) is 5.92 Å². The van der Waals surface area contributed by atoms with Gasteiger partial charge >= 0.3 is 0 Å². The van der Waals surface area contributed by atoms with Gasteiger partial charge in [-0.1, -0.05) is 6.07 Å². The molecule has 1 aliphatic rings. The molecule has 0 saturated carbocycles. The maximum atomic E-state index is 14.1. The van der Waals surface area contributed by atoms with Gasteiger partial charge in [-0.05, 0) is 18.6 Å². The molecule has 0 bridgehead atoms. The molecule has 24 heavy (non-hydrogen) atoms. The number of methoxy groups -OCH3 is 1. The van der Waals surface area contributed by atoms with Gasteiger partial charge in [-0.15, -0.1) is 0 Å². The third-order valence-electron chi connectivity index (χ3n) is 4.10. The van der Waals surface area contributed by atoms with Crippen LogP contribution in [0.4, 0.5) is 10.2 Å². The van der Waals surface area contributed by atoms with Gasteiger partial charge in [0.25, 0.3) is 0 Å².